The van der Waals surface area contributed by atoms with E-state index in [1.54, 1.807) is 6.92 Å². The third-order valence-corrected chi connectivity index (χ3v) is 1.71. The SMILES string of the molecule is CC(=O)OCC(N)c1nc(C)cc(=O)[nH]1. The first-order valence-electron chi connectivity index (χ1n) is 4.46. The lowest BCUT2D eigenvalue weighted by Gasteiger charge is -2.10. The maximum atomic E-state index is 11.1. The Hall–Kier alpha value is -1.69. The minimum Gasteiger partial charge on any atom is -0.464 e. The highest BCUT2D eigenvalue weighted by Crippen LogP contribution is 2.03. The molecule has 6 nitrogen and oxygen atoms in total. The average Bonchev–Trinajstić information content (AvgIpc) is 2.12. The molecular weight excluding hydrogens is 198 g/mol. The Morgan fingerprint density at radius 2 is 2.40 bits per heavy atom. The zero-order valence-electron chi connectivity index (χ0n) is 8.61. The molecule has 1 heterocycles. The zero-order valence-corrected chi connectivity index (χ0v) is 8.61. The van der Waals surface area contributed by atoms with E-state index >= 15 is 0 Å². The first kappa shape index (κ1) is 11.4. The molecule has 0 saturated heterocycles. The Bertz CT molecular complexity index is 413. The van der Waals surface area contributed by atoms with Crippen LogP contribution in [0, 0.1) is 6.92 Å². The minimum absolute atomic E-state index is 0.00171. The first-order chi connectivity index (χ1) is 6.99. The van der Waals surface area contributed by atoms with Crippen molar-refractivity contribution in [3.63, 3.8) is 0 Å². The summed E-state index contributed by atoms with van der Waals surface area (Å²) in [5.41, 5.74) is 5.98. The number of nitrogens with one attached hydrogen (secondary N) is 1. The second-order valence-corrected chi connectivity index (χ2v) is 3.18. The second kappa shape index (κ2) is 4.70. The van der Waals surface area contributed by atoms with E-state index in [1.165, 1.54) is 13.0 Å². The molecule has 0 saturated carbocycles. The van der Waals surface area contributed by atoms with Gasteiger partial charge >= 0.3 is 5.97 Å². The summed E-state index contributed by atoms with van der Waals surface area (Å²) in [6.07, 6.45) is 0. The zero-order chi connectivity index (χ0) is 11.4. The standard InChI is InChI=1S/C9H13N3O3/c1-5-3-8(14)12-9(11-5)7(10)4-15-6(2)13/h3,7H,4,10H2,1-2H3,(H,11,12,14). The molecule has 15 heavy (non-hydrogen) atoms. The number of H-pyrrole nitrogens is 1. The highest BCUT2D eigenvalue weighted by Gasteiger charge is 2.10. The summed E-state index contributed by atoms with van der Waals surface area (Å²) in [5.74, 6) is -0.0956. The maximum absolute atomic E-state index is 11.1. The van der Waals surface area contributed by atoms with Crippen LogP contribution in [-0.4, -0.2) is 22.5 Å². The molecule has 1 aromatic heterocycles. The number of carbonyl (C=O) groups excluding carboxylic acids is 1. The van der Waals surface area contributed by atoms with Crippen molar-refractivity contribution >= 4 is 5.97 Å². The van der Waals surface area contributed by atoms with Gasteiger partial charge in [0.25, 0.3) is 5.56 Å². The van der Waals surface area contributed by atoms with E-state index < -0.39 is 12.0 Å². The summed E-state index contributed by atoms with van der Waals surface area (Å²) in [7, 11) is 0. The number of ether oxygens (including phenoxy) is 1. The van der Waals surface area contributed by atoms with Gasteiger partial charge < -0.3 is 15.5 Å². The highest BCUT2D eigenvalue weighted by atomic mass is 16.5. The third-order valence-electron chi connectivity index (χ3n) is 1.71. The number of carbonyl (C=O) groups is 1. The molecule has 0 amide bonds. The van der Waals surface area contributed by atoms with Gasteiger partial charge in [0.1, 0.15) is 12.4 Å². The maximum Gasteiger partial charge on any atom is 0.302 e. The fourth-order valence-corrected chi connectivity index (χ4v) is 1.06. The number of nitrogens with zero attached hydrogens (tertiary/aromatic N) is 1. The van der Waals surface area contributed by atoms with Gasteiger partial charge in [0.15, 0.2) is 0 Å². The summed E-state index contributed by atoms with van der Waals surface area (Å²) in [6.45, 7) is 2.98. The van der Waals surface area contributed by atoms with Crippen molar-refractivity contribution < 1.29 is 9.53 Å². The molecule has 0 radical (unpaired) electrons. The molecule has 3 N–H and O–H groups in total. The lowest BCUT2D eigenvalue weighted by atomic mass is 10.3. The molecule has 0 spiro atoms. The van der Waals surface area contributed by atoms with Gasteiger partial charge in [-0.15, -0.1) is 0 Å². The molecular formula is C9H13N3O3. The molecule has 82 valence electrons. The van der Waals surface area contributed by atoms with Crippen molar-refractivity contribution in [2.24, 2.45) is 5.73 Å². The van der Waals surface area contributed by atoms with Gasteiger partial charge in [0.05, 0.1) is 6.04 Å². The van der Waals surface area contributed by atoms with Crippen LogP contribution < -0.4 is 11.3 Å². The van der Waals surface area contributed by atoms with Gasteiger partial charge in [-0.25, -0.2) is 4.98 Å². The van der Waals surface area contributed by atoms with Crippen molar-refractivity contribution in [3.8, 4) is 0 Å². The minimum atomic E-state index is -0.610. The molecule has 0 aliphatic heterocycles. The Labute approximate surface area is 86.5 Å². The Morgan fingerprint density at radius 1 is 1.73 bits per heavy atom. The number of rotatable bonds is 3. The largest absolute Gasteiger partial charge is 0.464 e. The number of hydrogen-bond acceptors (Lipinski definition) is 5. The van der Waals surface area contributed by atoms with Crippen LogP contribution in [0.3, 0.4) is 0 Å². The van der Waals surface area contributed by atoms with Crippen molar-refractivity contribution in [1.82, 2.24) is 9.97 Å². The number of aryl methyl sites for hydroxylation is 1. The lowest BCUT2D eigenvalue weighted by Crippen LogP contribution is -2.24. The van der Waals surface area contributed by atoms with E-state index in [-0.39, 0.29) is 12.2 Å². The number of esters is 1. The monoisotopic (exact) mass is 211 g/mol. The molecule has 0 fully saturated rings. The van der Waals surface area contributed by atoms with E-state index in [1.807, 2.05) is 0 Å². The smallest absolute Gasteiger partial charge is 0.302 e. The van der Waals surface area contributed by atoms with Crippen molar-refractivity contribution in [2.75, 3.05) is 6.61 Å². The molecule has 6 heteroatoms. The predicted molar refractivity (Wildman–Crippen MR) is 53.2 cm³/mol. The van der Waals surface area contributed by atoms with Gasteiger partial charge in [0.2, 0.25) is 0 Å². The van der Waals surface area contributed by atoms with Crippen LogP contribution in [0.2, 0.25) is 0 Å². The third kappa shape index (κ3) is 3.51. The summed E-state index contributed by atoms with van der Waals surface area (Å²) in [5, 5.41) is 0. The fourth-order valence-electron chi connectivity index (χ4n) is 1.06. The molecule has 0 aromatic carbocycles. The molecule has 1 rings (SSSR count). The first-order valence-corrected chi connectivity index (χ1v) is 4.46. The van der Waals surface area contributed by atoms with Crippen molar-refractivity contribution in [1.29, 1.82) is 0 Å². The molecule has 1 aromatic rings. The van der Waals surface area contributed by atoms with E-state index in [4.69, 9.17) is 10.5 Å². The van der Waals surface area contributed by atoms with Gasteiger partial charge in [-0.05, 0) is 6.92 Å². The van der Waals surface area contributed by atoms with E-state index in [0.717, 1.165) is 0 Å². The van der Waals surface area contributed by atoms with Crippen LogP contribution in [-0.2, 0) is 9.53 Å². The summed E-state index contributed by atoms with van der Waals surface area (Å²) >= 11 is 0. The fraction of sp³-hybridized carbons (Fsp3) is 0.444. The van der Waals surface area contributed by atoms with Crippen LogP contribution in [0.5, 0.6) is 0 Å². The lowest BCUT2D eigenvalue weighted by molar-refractivity contribution is -0.141. The molecule has 0 bridgehead atoms. The summed E-state index contributed by atoms with van der Waals surface area (Å²) in [4.78, 5) is 28.2. The van der Waals surface area contributed by atoms with Crippen LogP contribution >= 0.6 is 0 Å². The van der Waals surface area contributed by atoms with Gasteiger partial charge in [0, 0.05) is 18.7 Å². The number of nitrogens with two attached hydrogens (primary N) is 1. The van der Waals surface area contributed by atoms with Crippen LogP contribution in [0.4, 0.5) is 0 Å². The van der Waals surface area contributed by atoms with Crippen molar-refractivity contribution in [2.45, 2.75) is 19.9 Å². The second-order valence-electron chi connectivity index (χ2n) is 3.18. The van der Waals surface area contributed by atoms with E-state index in [0.29, 0.717) is 11.5 Å². The number of aromatic amines is 1. The van der Waals surface area contributed by atoms with Crippen LogP contribution in [0.25, 0.3) is 0 Å². The Balaban J connectivity index is 2.77. The normalized spacial score (nSPS) is 12.2. The average molecular weight is 211 g/mol. The summed E-state index contributed by atoms with van der Waals surface area (Å²) in [6, 6.07) is 0.753. The van der Waals surface area contributed by atoms with Gasteiger partial charge in [-0.2, -0.15) is 0 Å². The Morgan fingerprint density at radius 3 is 2.93 bits per heavy atom. The topological polar surface area (TPSA) is 98.1 Å². The van der Waals surface area contributed by atoms with Crippen LogP contribution in [0.1, 0.15) is 24.5 Å². The van der Waals surface area contributed by atoms with Gasteiger partial charge in [-0.3, -0.25) is 9.59 Å². The summed E-state index contributed by atoms with van der Waals surface area (Å²) < 4.78 is 4.71. The predicted octanol–water partition coefficient (Wildman–Crippen LogP) is -0.359. The molecule has 1 atom stereocenters. The number of hydrogen-bond donors (Lipinski definition) is 2. The molecule has 0 aliphatic carbocycles. The van der Waals surface area contributed by atoms with Crippen LogP contribution in [0.15, 0.2) is 10.9 Å². The molecule has 1 unspecified atom stereocenters. The van der Waals surface area contributed by atoms with Crippen molar-refractivity contribution in [3.05, 3.63) is 27.9 Å². The van der Waals surface area contributed by atoms with E-state index in [9.17, 15) is 9.59 Å². The quantitative estimate of drug-likeness (QED) is 0.665. The molecule has 0 aliphatic rings. The van der Waals surface area contributed by atoms with E-state index in [2.05, 4.69) is 9.97 Å². The highest BCUT2D eigenvalue weighted by molar-refractivity contribution is 5.65. The van der Waals surface area contributed by atoms with Gasteiger partial charge in [-0.1, -0.05) is 0 Å². The number of aromatic nitrogens is 2. The Kier molecular flexibility index (Phi) is 3.56.